The Balaban J connectivity index is 1.92. The number of hydrogen-bond acceptors (Lipinski definition) is 2. The van der Waals surface area contributed by atoms with Gasteiger partial charge in [-0.15, -0.1) is 0 Å². The molecule has 2 atom stereocenters. The molecule has 2 bridgehead atoms. The molecule has 4 nitrogen and oxygen atoms in total. The molecule has 0 aliphatic carbocycles. The highest BCUT2D eigenvalue weighted by Gasteiger charge is 2.37. The number of nitrogens with zero attached hydrogens (tertiary/aromatic N) is 2. The topological polar surface area (TPSA) is 45.5 Å². The quantitative estimate of drug-likeness (QED) is 0.903. The second kappa shape index (κ2) is 4.92. The third kappa shape index (κ3) is 2.06. The molecular formula is C16H24N2O2. The smallest absolute Gasteiger partial charge is 0.337 e. The van der Waals surface area contributed by atoms with E-state index in [0.717, 1.165) is 24.2 Å². The van der Waals surface area contributed by atoms with Crippen LogP contribution in [0.2, 0.25) is 0 Å². The van der Waals surface area contributed by atoms with Gasteiger partial charge in [0.15, 0.2) is 0 Å². The van der Waals surface area contributed by atoms with E-state index < -0.39 is 5.97 Å². The zero-order valence-corrected chi connectivity index (χ0v) is 12.6. The van der Waals surface area contributed by atoms with Gasteiger partial charge >= 0.3 is 5.97 Å². The fraction of sp³-hybridized carbons (Fsp3) is 0.688. The summed E-state index contributed by atoms with van der Waals surface area (Å²) in [6.07, 6.45) is 6.23. The fourth-order valence-electron chi connectivity index (χ4n) is 4.35. The van der Waals surface area contributed by atoms with Crippen molar-refractivity contribution in [3.63, 3.8) is 0 Å². The van der Waals surface area contributed by atoms with Crippen molar-refractivity contribution in [2.75, 3.05) is 7.05 Å². The molecule has 1 aromatic rings. The van der Waals surface area contributed by atoms with E-state index in [0.29, 0.717) is 23.7 Å². The van der Waals surface area contributed by atoms with E-state index in [9.17, 15) is 9.90 Å². The van der Waals surface area contributed by atoms with E-state index in [-0.39, 0.29) is 0 Å². The van der Waals surface area contributed by atoms with E-state index in [1.807, 2.05) is 19.9 Å². The summed E-state index contributed by atoms with van der Waals surface area (Å²) >= 11 is 0. The lowest BCUT2D eigenvalue weighted by Gasteiger charge is -2.47. The van der Waals surface area contributed by atoms with Crippen LogP contribution in [0, 0.1) is 13.8 Å². The minimum atomic E-state index is -0.808. The maximum Gasteiger partial charge on any atom is 0.337 e. The average Bonchev–Trinajstić information content (AvgIpc) is 2.65. The molecule has 2 aliphatic heterocycles. The number of hydrogen-bond donors (Lipinski definition) is 1. The SMILES string of the molecule is Cc1cc(C(=O)O)c(C)n1C1CC2CCCC(C1)N2C. The van der Waals surface area contributed by atoms with Gasteiger partial charge in [-0.3, -0.25) is 0 Å². The van der Waals surface area contributed by atoms with Crippen molar-refractivity contribution in [2.45, 2.75) is 64.1 Å². The highest BCUT2D eigenvalue weighted by atomic mass is 16.4. The minimum Gasteiger partial charge on any atom is -0.478 e. The third-order valence-electron chi connectivity index (χ3n) is 5.39. The van der Waals surface area contributed by atoms with Crippen LogP contribution in [-0.2, 0) is 0 Å². The van der Waals surface area contributed by atoms with Crippen molar-refractivity contribution < 1.29 is 9.90 Å². The molecule has 2 fully saturated rings. The molecule has 0 spiro atoms. The van der Waals surface area contributed by atoms with Gasteiger partial charge in [0, 0.05) is 29.5 Å². The Labute approximate surface area is 120 Å². The largest absolute Gasteiger partial charge is 0.478 e. The fourth-order valence-corrected chi connectivity index (χ4v) is 4.35. The average molecular weight is 276 g/mol. The second-order valence-electron chi connectivity index (χ2n) is 6.49. The standard InChI is InChI=1S/C16H24N2O2/c1-10-7-15(16(19)20)11(2)18(10)14-8-12-5-4-6-13(9-14)17(12)3/h7,12-14H,4-6,8-9H2,1-3H3,(H,19,20). The number of carboxylic acids is 1. The van der Waals surface area contributed by atoms with Gasteiger partial charge < -0.3 is 14.6 Å². The first-order valence-electron chi connectivity index (χ1n) is 7.62. The maximum absolute atomic E-state index is 11.3. The molecule has 1 aromatic heterocycles. The van der Waals surface area contributed by atoms with E-state index in [2.05, 4.69) is 16.5 Å². The van der Waals surface area contributed by atoms with Crippen LogP contribution in [0.5, 0.6) is 0 Å². The van der Waals surface area contributed by atoms with Gasteiger partial charge in [-0.05, 0) is 52.6 Å². The van der Waals surface area contributed by atoms with Crippen LogP contribution in [0.25, 0.3) is 0 Å². The normalized spacial score (nSPS) is 30.4. The minimum absolute atomic E-state index is 0.464. The molecule has 0 saturated carbocycles. The number of carbonyl (C=O) groups is 1. The summed E-state index contributed by atoms with van der Waals surface area (Å²) in [7, 11) is 2.25. The molecule has 2 unspecified atom stereocenters. The number of rotatable bonds is 2. The Hall–Kier alpha value is -1.29. The van der Waals surface area contributed by atoms with E-state index in [4.69, 9.17) is 0 Å². The van der Waals surface area contributed by atoms with Crippen LogP contribution < -0.4 is 0 Å². The maximum atomic E-state index is 11.3. The molecule has 2 saturated heterocycles. The molecule has 0 radical (unpaired) electrons. The summed E-state index contributed by atoms with van der Waals surface area (Å²) in [5, 5.41) is 9.28. The van der Waals surface area contributed by atoms with Crippen molar-refractivity contribution in [1.82, 2.24) is 9.47 Å². The van der Waals surface area contributed by atoms with Gasteiger partial charge in [0.1, 0.15) is 0 Å². The number of aromatic nitrogens is 1. The number of fused-ring (bicyclic) bond motifs is 2. The van der Waals surface area contributed by atoms with Gasteiger partial charge in [0.25, 0.3) is 0 Å². The molecule has 2 aliphatic rings. The van der Waals surface area contributed by atoms with Gasteiger partial charge in [-0.2, -0.15) is 0 Å². The van der Waals surface area contributed by atoms with Crippen molar-refractivity contribution in [3.8, 4) is 0 Å². The number of carboxylic acid groups (broad SMARTS) is 1. The van der Waals surface area contributed by atoms with E-state index in [1.165, 1.54) is 19.3 Å². The van der Waals surface area contributed by atoms with Gasteiger partial charge in [-0.1, -0.05) is 6.42 Å². The first-order valence-corrected chi connectivity index (χ1v) is 7.62. The summed E-state index contributed by atoms with van der Waals surface area (Å²) < 4.78 is 2.28. The highest BCUT2D eigenvalue weighted by molar-refractivity contribution is 5.89. The predicted octanol–water partition coefficient (Wildman–Crippen LogP) is 2.99. The molecule has 3 heterocycles. The monoisotopic (exact) mass is 276 g/mol. The van der Waals surface area contributed by atoms with Gasteiger partial charge in [0.05, 0.1) is 5.56 Å². The molecule has 4 heteroatoms. The molecule has 1 N–H and O–H groups in total. The molecule has 3 rings (SSSR count). The molecule has 0 amide bonds. The zero-order chi connectivity index (χ0) is 14.4. The van der Waals surface area contributed by atoms with Gasteiger partial charge in [-0.25, -0.2) is 4.79 Å². The summed E-state index contributed by atoms with van der Waals surface area (Å²) in [5.74, 6) is -0.808. The van der Waals surface area contributed by atoms with Crippen LogP contribution in [0.15, 0.2) is 6.07 Å². The Morgan fingerprint density at radius 2 is 1.80 bits per heavy atom. The van der Waals surface area contributed by atoms with Crippen molar-refractivity contribution in [1.29, 1.82) is 0 Å². The lowest BCUT2D eigenvalue weighted by atomic mass is 9.82. The first kappa shape index (κ1) is 13.7. The molecule has 110 valence electrons. The molecule has 20 heavy (non-hydrogen) atoms. The van der Waals surface area contributed by atoms with Crippen LogP contribution in [-0.4, -0.2) is 39.7 Å². The Morgan fingerprint density at radius 1 is 1.20 bits per heavy atom. The summed E-state index contributed by atoms with van der Waals surface area (Å²) in [5.41, 5.74) is 2.47. The molecule has 0 aromatic carbocycles. The Kier molecular flexibility index (Phi) is 3.36. The number of aryl methyl sites for hydroxylation is 1. The summed E-state index contributed by atoms with van der Waals surface area (Å²) in [6.45, 7) is 3.98. The van der Waals surface area contributed by atoms with Crippen molar-refractivity contribution in [2.24, 2.45) is 0 Å². The van der Waals surface area contributed by atoms with E-state index >= 15 is 0 Å². The predicted molar refractivity (Wildman–Crippen MR) is 78.3 cm³/mol. The van der Waals surface area contributed by atoms with Crippen LogP contribution in [0.4, 0.5) is 0 Å². The number of aromatic carboxylic acids is 1. The first-order chi connectivity index (χ1) is 9.49. The summed E-state index contributed by atoms with van der Waals surface area (Å²) in [4.78, 5) is 13.8. The lowest BCUT2D eigenvalue weighted by Crippen LogP contribution is -2.50. The third-order valence-corrected chi connectivity index (χ3v) is 5.39. The second-order valence-corrected chi connectivity index (χ2v) is 6.49. The highest BCUT2D eigenvalue weighted by Crippen LogP contribution is 2.39. The summed E-state index contributed by atoms with van der Waals surface area (Å²) in [6, 6.07) is 3.63. The van der Waals surface area contributed by atoms with Crippen molar-refractivity contribution >= 4 is 5.97 Å². The zero-order valence-electron chi connectivity index (χ0n) is 12.6. The van der Waals surface area contributed by atoms with Crippen LogP contribution in [0.3, 0.4) is 0 Å². The van der Waals surface area contributed by atoms with Crippen LogP contribution in [0.1, 0.15) is 59.9 Å². The molecular weight excluding hydrogens is 252 g/mol. The lowest BCUT2D eigenvalue weighted by molar-refractivity contribution is 0.0391. The van der Waals surface area contributed by atoms with Gasteiger partial charge in [0.2, 0.25) is 0 Å². The van der Waals surface area contributed by atoms with Crippen molar-refractivity contribution in [3.05, 3.63) is 23.0 Å². The van der Waals surface area contributed by atoms with E-state index in [1.54, 1.807) is 0 Å². The van der Waals surface area contributed by atoms with Crippen LogP contribution >= 0.6 is 0 Å². The number of piperidine rings is 2. The Morgan fingerprint density at radius 3 is 2.30 bits per heavy atom. The Bertz CT molecular complexity index is 521.